The molecule has 0 amide bonds. The van der Waals surface area contributed by atoms with Crippen LogP contribution in [0.4, 0.5) is 0 Å². The van der Waals surface area contributed by atoms with Crippen LogP contribution in [0.2, 0.25) is 5.02 Å². The monoisotopic (exact) mass is 517 g/mol. The molecule has 1 N–H and O–H groups in total. The number of halogens is 2. The van der Waals surface area contributed by atoms with Crippen LogP contribution in [0.3, 0.4) is 0 Å². The molecule has 3 aromatic carbocycles. The average Bonchev–Trinajstić information content (AvgIpc) is 2.85. The molecule has 0 saturated carbocycles. The molecule has 5 rings (SSSR count). The highest BCUT2D eigenvalue weighted by atomic mass is 35.5. The molecule has 4 nitrogen and oxygen atoms in total. The van der Waals surface area contributed by atoms with Crippen molar-refractivity contribution in [1.82, 2.24) is 4.90 Å². The van der Waals surface area contributed by atoms with E-state index in [1.165, 1.54) is 37.9 Å². The number of hydrogen-bond acceptors (Lipinski definition) is 5. The maximum atomic E-state index is 10.0. The molecule has 1 saturated heterocycles. The summed E-state index contributed by atoms with van der Waals surface area (Å²) in [6.45, 7) is 4.04. The topological polar surface area (TPSA) is 41.9 Å². The summed E-state index contributed by atoms with van der Waals surface area (Å²) in [4.78, 5) is 3.34. The summed E-state index contributed by atoms with van der Waals surface area (Å²) >= 11 is 8.12. The van der Waals surface area contributed by atoms with E-state index < -0.39 is 0 Å². The molecule has 3 aromatic rings. The van der Waals surface area contributed by atoms with Crippen LogP contribution in [-0.4, -0.2) is 36.2 Å². The second-order valence-electron chi connectivity index (χ2n) is 8.56. The molecule has 7 heteroatoms. The SMILES string of the molecule is Cl.Oc1cc(Cl)c2c(c1)OC(c1ccc(OCCN3CCCCC3)cc1)C(c1ccccc1)S2. The molecule has 180 valence electrons. The summed E-state index contributed by atoms with van der Waals surface area (Å²) < 4.78 is 12.4. The van der Waals surface area contributed by atoms with Crippen molar-refractivity contribution < 1.29 is 14.6 Å². The van der Waals surface area contributed by atoms with Crippen molar-refractivity contribution >= 4 is 35.8 Å². The van der Waals surface area contributed by atoms with Gasteiger partial charge < -0.3 is 14.6 Å². The fourth-order valence-electron chi connectivity index (χ4n) is 4.50. The smallest absolute Gasteiger partial charge is 0.140 e. The third-order valence-corrected chi connectivity index (χ3v) is 8.07. The van der Waals surface area contributed by atoms with Crippen molar-refractivity contribution in [3.05, 3.63) is 82.9 Å². The van der Waals surface area contributed by atoms with Gasteiger partial charge in [-0.3, -0.25) is 4.90 Å². The Morgan fingerprint density at radius 1 is 0.971 bits per heavy atom. The third-order valence-electron chi connectivity index (χ3n) is 6.23. The number of ether oxygens (including phenoxy) is 2. The van der Waals surface area contributed by atoms with Crippen molar-refractivity contribution in [2.24, 2.45) is 0 Å². The van der Waals surface area contributed by atoms with Gasteiger partial charge >= 0.3 is 0 Å². The fraction of sp³-hybridized carbons (Fsp3) is 0.333. The van der Waals surface area contributed by atoms with Crippen molar-refractivity contribution in [2.45, 2.75) is 35.5 Å². The van der Waals surface area contributed by atoms with Gasteiger partial charge in [0.25, 0.3) is 0 Å². The van der Waals surface area contributed by atoms with Crippen LogP contribution < -0.4 is 9.47 Å². The molecule has 2 aliphatic heterocycles. The summed E-state index contributed by atoms with van der Waals surface area (Å²) in [5.41, 5.74) is 2.23. The molecule has 0 bridgehead atoms. The Morgan fingerprint density at radius 2 is 1.71 bits per heavy atom. The molecule has 0 spiro atoms. The molecule has 2 aliphatic rings. The van der Waals surface area contributed by atoms with E-state index in [4.69, 9.17) is 21.1 Å². The molecule has 0 aliphatic carbocycles. The van der Waals surface area contributed by atoms with Crippen LogP contribution in [0, 0.1) is 0 Å². The number of benzene rings is 3. The van der Waals surface area contributed by atoms with Gasteiger partial charge in [0.05, 0.1) is 15.2 Å². The minimum atomic E-state index is -0.217. The van der Waals surface area contributed by atoms with Crippen LogP contribution in [0.1, 0.15) is 41.7 Å². The van der Waals surface area contributed by atoms with Gasteiger partial charge in [-0.25, -0.2) is 0 Å². The Labute approximate surface area is 216 Å². The zero-order valence-corrected chi connectivity index (χ0v) is 21.2. The van der Waals surface area contributed by atoms with E-state index >= 15 is 0 Å². The lowest BCUT2D eigenvalue weighted by Crippen LogP contribution is -2.33. The van der Waals surface area contributed by atoms with Crippen LogP contribution >= 0.6 is 35.8 Å². The molecule has 0 aromatic heterocycles. The number of hydrogen-bond donors (Lipinski definition) is 1. The lowest BCUT2D eigenvalue weighted by Gasteiger charge is -2.34. The zero-order chi connectivity index (χ0) is 22.6. The number of likely N-dealkylation sites (tertiary alicyclic amines) is 1. The number of fused-ring (bicyclic) bond motifs is 1. The molecule has 2 atom stereocenters. The van der Waals surface area contributed by atoms with Gasteiger partial charge in [-0.1, -0.05) is 60.5 Å². The third kappa shape index (κ3) is 5.77. The Bertz CT molecular complexity index is 1080. The first-order chi connectivity index (χ1) is 16.2. The van der Waals surface area contributed by atoms with Crippen molar-refractivity contribution in [2.75, 3.05) is 26.2 Å². The van der Waals surface area contributed by atoms with Crippen molar-refractivity contribution in [3.8, 4) is 17.2 Å². The molecule has 1 fully saturated rings. The Hall–Kier alpha value is -2.05. The number of nitrogens with zero attached hydrogens (tertiary/aromatic N) is 1. The van der Waals surface area contributed by atoms with Gasteiger partial charge in [0.15, 0.2) is 0 Å². The summed E-state index contributed by atoms with van der Waals surface area (Å²) in [6.07, 6.45) is 3.72. The summed E-state index contributed by atoms with van der Waals surface area (Å²) in [6, 6.07) is 21.7. The molecule has 2 heterocycles. The first kappa shape index (κ1) is 25.1. The largest absolute Gasteiger partial charge is 0.508 e. The maximum absolute atomic E-state index is 10.0. The van der Waals surface area contributed by atoms with Crippen molar-refractivity contribution in [3.63, 3.8) is 0 Å². The molecule has 2 unspecified atom stereocenters. The Balaban J connectivity index is 0.00000274. The standard InChI is InChI=1S/C27H28ClNO3S.ClH/c28-23-17-21(30)18-24-27(23)33-26(20-7-3-1-4-8-20)25(32-24)19-9-11-22(12-10-19)31-16-15-29-13-5-2-6-14-29;/h1,3-4,7-12,17-18,25-26,30H,2,5-6,13-16H2;1H. The molecular formula is C27H29Cl2NO3S. The Kier molecular flexibility index (Phi) is 8.54. The van der Waals surface area contributed by atoms with E-state index in [2.05, 4.69) is 29.2 Å². The minimum Gasteiger partial charge on any atom is -0.508 e. The highest BCUT2D eigenvalue weighted by Gasteiger charge is 2.35. The first-order valence-corrected chi connectivity index (χ1v) is 12.8. The van der Waals surface area contributed by atoms with Gasteiger partial charge in [0.2, 0.25) is 0 Å². The molecule has 34 heavy (non-hydrogen) atoms. The highest BCUT2D eigenvalue weighted by molar-refractivity contribution is 7.99. The lowest BCUT2D eigenvalue weighted by molar-refractivity contribution is 0.182. The number of rotatable bonds is 6. The van der Waals surface area contributed by atoms with E-state index in [1.807, 2.05) is 30.3 Å². The summed E-state index contributed by atoms with van der Waals surface area (Å²) in [7, 11) is 0. The fourth-order valence-corrected chi connectivity index (χ4v) is 6.12. The number of phenols is 1. The van der Waals surface area contributed by atoms with Crippen LogP contribution in [0.5, 0.6) is 17.2 Å². The molecule has 0 radical (unpaired) electrons. The van der Waals surface area contributed by atoms with Gasteiger partial charge in [0, 0.05) is 12.6 Å². The lowest BCUT2D eigenvalue weighted by atomic mass is 10.00. The van der Waals surface area contributed by atoms with Crippen LogP contribution in [0.15, 0.2) is 71.6 Å². The number of phenolic OH excluding ortho intramolecular Hbond substituents is 1. The molecular weight excluding hydrogens is 489 g/mol. The van der Waals surface area contributed by atoms with Gasteiger partial charge in [0.1, 0.15) is 30.0 Å². The Morgan fingerprint density at radius 3 is 2.44 bits per heavy atom. The van der Waals surface area contributed by atoms with Gasteiger partial charge in [-0.15, -0.1) is 24.2 Å². The summed E-state index contributed by atoms with van der Waals surface area (Å²) in [5, 5.41) is 10.6. The minimum absolute atomic E-state index is 0. The van der Waals surface area contributed by atoms with Crippen LogP contribution in [-0.2, 0) is 0 Å². The number of thioether (sulfide) groups is 1. The summed E-state index contributed by atoms with van der Waals surface area (Å²) in [5.74, 6) is 1.59. The number of piperidine rings is 1. The predicted molar refractivity (Wildman–Crippen MR) is 141 cm³/mol. The average molecular weight is 519 g/mol. The van der Waals surface area contributed by atoms with E-state index in [0.29, 0.717) is 17.4 Å². The zero-order valence-electron chi connectivity index (χ0n) is 18.9. The van der Waals surface area contributed by atoms with E-state index in [0.717, 1.165) is 22.8 Å². The van der Waals surface area contributed by atoms with E-state index in [-0.39, 0.29) is 29.5 Å². The second kappa shape index (κ2) is 11.6. The van der Waals surface area contributed by atoms with E-state index in [1.54, 1.807) is 23.9 Å². The van der Waals surface area contributed by atoms with E-state index in [9.17, 15) is 5.11 Å². The van der Waals surface area contributed by atoms with Crippen LogP contribution in [0.25, 0.3) is 0 Å². The van der Waals surface area contributed by atoms with Gasteiger partial charge in [-0.05, 0) is 55.3 Å². The first-order valence-electron chi connectivity index (χ1n) is 11.5. The highest BCUT2D eigenvalue weighted by Crippen LogP contribution is 2.56. The van der Waals surface area contributed by atoms with Crippen molar-refractivity contribution in [1.29, 1.82) is 0 Å². The maximum Gasteiger partial charge on any atom is 0.140 e. The quantitative estimate of drug-likeness (QED) is 0.371. The number of aromatic hydroxyl groups is 1. The van der Waals surface area contributed by atoms with Gasteiger partial charge in [-0.2, -0.15) is 0 Å². The predicted octanol–water partition coefficient (Wildman–Crippen LogP) is 7.30. The normalized spacial score (nSPS) is 20.0. The second-order valence-corrected chi connectivity index (χ2v) is 10.1.